The number of aliphatic hydroxyl groups is 1. The summed E-state index contributed by atoms with van der Waals surface area (Å²) < 4.78 is 17.0. The van der Waals surface area contributed by atoms with Gasteiger partial charge in [0.25, 0.3) is 0 Å². The maximum atomic E-state index is 8.81. The van der Waals surface area contributed by atoms with E-state index < -0.39 is 5.79 Å². The van der Waals surface area contributed by atoms with Crippen molar-refractivity contribution in [2.45, 2.75) is 50.9 Å². The zero-order valence-electron chi connectivity index (χ0n) is 13.0. The van der Waals surface area contributed by atoms with E-state index >= 15 is 0 Å². The Bertz CT molecular complexity index is 417. The van der Waals surface area contributed by atoms with E-state index in [1.54, 1.807) is 7.11 Å². The molecule has 1 saturated heterocycles. The summed E-state index contributed by atoms with van der Waals surface area (Å²) >= 11 is 0. The van der Waals surface area contributed by atoms with Crippen LogP contribution in [0.4, 0.5) is 0 Å². The minimum atomic E-state index is -0.482. The zero-order valence-corrected chi connectivity index (χ0v) is 13.0. The first-order chi connectivity index (χ1) is 10.1. The van der Waals surface area contributed by atoms with Crippen LogP contribution in [0.5, 0.6) is 5.75 Å². The van der Waals surface area contributed by atoms with E-state index in [2.05, 4.69) is 12.1 Å². The van der Waals surface area contributed by atoms with E-state index in [-0.39, 0.29) is 12.7 Å². The lowest BCUT2D eigenvalue weighted by atomic mass is 10.1. The Balaban J connectivity index is 1.76. The normalized spacial score (nSPS) is 25.2. The number of hydrogen-bond donors (Lipinski definition) is 1. The molecule has 0 amide bonds. The summed E-state index contributed by atoms with van der Waals surface area (Å²) in [6.07, 6.45) is 4.71. The van der Waals surface area contributed by atoms with Gasteiger partial charge in [-0.15, -0.1) is 0 Å². The highest BCUT2D eigenvalue weighted by molar-refractivity contribution is 5.27. The van der Waals surface area contributed by atoms with Gasteiger partial charge in [-0.1, -0.05) is 12.1 Å². The van der Waals surface area contributed by atoms with Crippen LogP contribution in [0.3, 0.4) is 0 Å². The fourth-order valence-electron chi connectivity index (χ4n) is 2.61. The fourth-order valence-corrected chi connectivity index (χ4v) is 2.61. The second kappa shape index (κ2) is 7.78. The third-order valence-corrected chi connectivity index (χ3v) is 3.95. The van der Waals surface area contributed by atoms with Crippen LogP contribution in [0.2, 0.25) is 0 Å². The Morgan fingerprint density at radius 2 is 2.05 bits per heavy atom. The van der Waals surface area contributed by atoms with E-state index in [0.29, 0.717) is 6.61 Å². The van der Waals surface area contributed by atoms with E-state index in [9.17, 15) is 0 Å². The SMILES string of the molecule is COc1ccc(CC[C@@]2(C)OC[C@H](CCCCO)O2)cc1. The molecule has 1 N–H and O–H groups in total. The molecule has 0 spiro atoms. The molecule has 1 aliphatic rings. The number of unbranched alkanes of at least 4 members (excludes halogenated alkanes) is 1. The molecular weight excluding hydrogens is 268 g/mol. The average Bonchev–Trinajstić information content (AvgIpc) is 2.88. The molecule has 2 rings (SSSR count). The van der Waals surface area contributed by atoms with Crippen molar-refractivity contribution >= 4 is 0 Å². The van der Waals surface area contributed by atoms with Crippen LogP contribution >= 0.6 is 0 Å². The number of benzene rings is 1. The third-order valence-electron chi connectivity index (χ3n) is 3.95. The largest absolute Gasteiger partial charge is 0.497 e. The molecule has 0 aliphatic carbocycles. The monoisotopic (exact) mass is 294 g/mol. The molecular formula is C17H26O4. The first kappa shape index (κ1) is 16.3. The van der Waals surface area contributed by atoms with Gasteiger partial charge < -0.3 is 19.3 Å². The van der Waals surface area contributed by atoms with E-state index in [4.69, 9.17) is 19.3 Å². The highest BCUT2D eigenvalue weighted by Crippen LogP contribution is 2.30. The zero-order chi connectivity index (χ0) is 15.1. The van der Waals surface area contributed by atoms with Gasteiger partial charge in [-0.2, -0.15) is 0 Å². The number of hydrogen-bond acceptors (Lipinski definition) is 4. The number of aryl methyl sites for hydroxylation is 1. The van der Waals surface area contributed by atoms with Crippen molar-refractivity contribution in [3.8, 4) is 5.75 Å². The predicted molar refractivity (Wildman–Crippen MR) is 81.5 cm³/mol. The summed E-state index contributed by atoms with van der Waals surface area (Å²) in [6, 6.07) is 8.11. The molecule has 1 heterocycles. The number of methoxy groups -OCH3 is 1. The van der Waals surface area contributed by atoms with Gasteiger partial charge in [-0.25, -0.2) is 0 Å². The van der Waals surface area contributed by atoms with Crippen molar-refractivity contribution in [3.63, 3.8) is 0 Å². The Morgan fingerprint density at radius 3 is 2.71 bits per heavy atom. The lowest BCUT2D eigenvalue weighted by Crippen LogP contribution is -2.27. The number of ether oxygens (including phenoxy) is 3. The highest BCUT2D eigenvalue weighted by Gasteiger charge is 2.36. The fraction of sp³-hybridized carbons (Fsp3) is 0.647. The van der Waals surface area contributed by atoms with E-state index in [1.165, 1.54) is 5.56 Å². The quantitative estimate of drug-likeness (QED) is 0.749. The van der Waals surface area contributed by atoms with Crippen LogP contribution in [0.1, 0.15) is 38.2 Å². The van der Waals surface area contributed by atoms with Crippen LogP contribution in [-0.4, -0.2) is 37.3 Å². The molecule has 0 saturated carbocycles. The van der Waals surface area contributed by atoms with Crippen molar-refractivity contribution in [1.29, 1.82) is 0 Å². The molecule has 1 aromatic rings. The standard InChI is InChI=1S/C17H26O4/c1-17(20-13-16(21-17)5-3-4-12-18)11-10-14-6-8-15(19-2)9-7-14/h6-9,16,18H,3-5,10-13H2,1-2H3/t16-,17-/m0/s1. The first-order valence-electron chi connectivity index (χ1n) is 7.71. The van der Waals surface area contributed by atoms with Crippen molar-refractivity contribution in [2.75, 3.05) is 20.3 Å². The molecule has 1 aliphatic heterocycles. The van der Waals surface area contributed by atoms with Crippen LogP contribution in [-0.2, 0) is 15.9 Å². The molecule has 1 fully saturated rings. The topological polar surface area (TPSA) is 47.9 Å². The average molecular weight is 294 g/mol. The van der Waals surface area contributed by atoms with Crippen molar-refractivity contribution in [1.82, 2.24) is 0 Å². The minimum Gasteiger partial charge on any atom is -0.497 e. The van der Waals surface area contributed by atoms with Crippen molar-refractivity contribution < 1.29 is 19.3 Å². The van der Waals surface area contributed by atoms with Gasteiger partial charge in [0.2, 0.25) is 0 Å². The molecule has 1 aromatic carbocycles. The van der Waals surface area contributed by atoms with Gasteiger partial charge in [0.15, 0.2) is 5.79 Å². The lowest BCUT2D eigenvalue weighted by molar-refractivity contribution is -0.158. The Hall–Kier alpha value is -1.10. The number of rotatable bonds is 8. The highest BCUT2D eigenvalue weighted by atomic mass is 16.7. The molecule has 0 unspecified atom stereocenters. The van der Waals surface area contributed by atoms with Crippen LogP contribution in [0.25, 0.3) is 0 Å². The minimum absolute atomic E-state index is 0.164. The summed E-state index contributed by atoms with van der Waals surface area (Å²) in [5, 5.41) is 8.81. The summed E-state index contributed by atoms with van der Waals surface area (Å²) in [6.45, 7) is 2.93. The van der Waals surface area contributed by atoms with Gasteiger partial charge in [0.05, 0.1) is 19.8 Å². The molecule has 118 valence electrons. The summed E-state index contributed by atoms with van der Waals surface area (Å²) in [5.41, 5.74) is 1.26. The van der Waals surface area contributed by atoms with Crippen LogP contribution in [0.15, 0.2) is 24.3 Å². The third kappa shape index (κ3) is 4.99. The summed E-state index contributed by atoms with van der Waals surface area (Å²) in [4.78, 5) is 0. The maximum absolute atomic E-state index is 8.81. The van der Waals surface area contributed by atoms with Gasteiger partial charge >= 0.3 is 0 Å². The smallest absolute Gasteiger partial charge is 0.166 e. The van der Waals surface area contributed by atoms with Gasteiger partial charge in [-0.3, -0.25) is 0 Å². The molecule has 0 radical (unpaired) electrons. The van der Waals surface area contributed by atoms with Gasteiger partial charge in [0, 0.05) is 13.0 Å². The summed E-state index contributed by atoms with van der Waals surface area (Å²) in [7, 11) is 1.67. The number of aliphatic hydroxyl groups excluding tert-OH is 1. The first-order valence-corrected chi connectivity index (χ1v) is 7.71. The Labute approximate surface area is 127 Å². The molecule has 0 aromatic heterocycles. The second-order valence-corrected chi connectivity index (χ2v) is 5.75. The molecule has 2 atom stereocenters. The Kier molecular flexibility index (Phi) is 6.03. The van der Waals surface area contributed by atoms with Gasteiger partial charge in [0.1, 0.15) is 5.75 Å². The molecule has 4 nitrogen and oxygen atoms in total. The molecule has 0 bridgehead atoms. The van der Waals surface area contributed by atoms with E-state index in [0.717, 1.165) is 37.9 Å². The van der Waals surface area contributed by atoms with E-state index in [1.807, 2.05) is 19.1 Å². The van der Waals surface area contributed by atoms with Gasteiger partial charge in [-0.05, 0) is 50.3 Å². The maximum Gasteiger partial charge on any atom is 0.166 e. The second-order valence-electron chi connectivity index (χ2n) is 5.75. The molecule has 21 heavy (non-hydrogen) atoms. The Morgan fingerprint density at radius 1 is 1.29 bits per heavy atom. The van der Waals surface area contributed by atoms with Crippen molar-refractivity contribution in [2.24, 2.45) is 0 Å². The van der Waals surface area contributed by atoms with Crippen LogP contribution in [0, 0.1) is 0 Å². The van der Waals surface area contributed by atoms with Crippen molar-refractivity contribution in [3.05, 3.63) is 29.8 Å². The molecule has 4 heteroatoms. The summed E-state index contributed by atoms with van der Waals surface area (Å²) in [5.74, 6) is 0.395. The van der Waals surface area contributed by atoms with Crippen LogP contribution < -0.4 is 4.74 Å². The lowest BCUT2D eigenvalue weighted by Gasteiger charge is -2.23. The predicted octanol–water partition coefficient (Wildman–Crippen LogP) is 2.92.